The lowest BCUT2D eigenvalue weighted by Gasteiger charge is -2.35. The first kappa shape index (κ1) is 22.3. The maximum absolute atomic E-state index is 12.8. The van der Waals surface area contributed by atoms with Crippen molar-refractivity contribution in [3.8, 4) is 5.75 Å². The Morgan fingerprint density at radius 2 is 1.63 bits per heavy atom. The minimum absolute atomic E-state index is 0.147. The van der Waals surface area contributed by atoms with Crippen molar-refractivity contribution in [2.75, 3.05) is 46.4 Å². The Bertz CT molecular complexity index is 925. The zero-order valence-corrected chi connectivity index (χ0v) is 18.3. The number of hydrogen-bond acceptors (Lipinski definition) is 5. The molecule has 1 fully saturated rings. The highest BCUT2D eigenvalue weighted by Crippen LogP contribution is 2.19. The smallest absolute Gasteiger partial charge is 0.243 e. The van der Waals surface area contributed by atoms with Crippen molar-refractivity contribution in [3.63, 3.8) is 0 Å². The van der Waals surface area contributed by atoms with Crippen LogP contribution >= 0.6 is 0 Å². The Morgan fingerprint density at radius 1 is 1.00 bits per heavy atom. The first-order chi connectivity index (χ1) is 14.4. The molecule has 0 atom stereocenters. The molecular weight excluding hydrogens is 402 g/mol. The zero-order chi connectivity index (χ0) is 21.6. The van der Waals surface area contributed by atoms with Gasteiger partial charge in [-0.3, -0.25) is 9.69 Å². The van der Waals surface area contributed by atoms with Crippen molar-refractivity contribution >= 4 is 15.9 Å². The van der Waals surface area contributed by atoms with Gasteiger partial charge in [0.15, 0.2) is 0 Å². The van der Waals surface area contributed by atoms with E-state index in [9.17, 15) is 13.2 Å². The number of rotatable bonds is 8. The molecule has 1 amide bonds. The Kier molecular flexibility index (Phi) is 7.47. The van der Waals surface area contributed by atoms with Crippen LogP contribution in [0, 0.1) is 0 Å². The van der Waals surface area contributed by atoms with Crippen LogP contribution in [0.4, 0.5) is 0 Å². The number of carbonyl (C=O) groups excluding carboxylic acids is 1. The van der Waals surface area contributed by atoms with E-state index in [4.69, 9.17) is 4.74 Å². The molecule has 0 saturated carbocycles. The summed E-state index contributed by atoms with van der Waals surface area (Å²) in [6.07, 6.45) is 0. The number of carbonyl (C=O) groups is 1. The lowest BCUT2D eigenvalue weighted by Crippen LogP contribution is -2.51. The number of piperazine rings is 1. The van der Waals surface area contributed by atoms with Gasteiger partial charge in [-0.05, 0) is 36.8 Å². The summed E-state index contributed by atoms with van der Waals surface area (Å²) in [5.74, 6) is 0.440. The van der Waals surface area contributed by atoms with Crippen LogP contribution in [0.3, 0.4) is 0 Å². The second-order valence-electron chi connectivity index (χ2n) is 7.31. The molecule has 1 aliphatic rings. The summed E-state index contributed by atoms with van der Waals surface area (Å²) >= 11 is 0. The Morgan fingerprint density at radius 3 is 2.23 bits per heavy atom. The topological polar surface area (TPSA) is 70.2 Å². The summed E-state index contributed by atoms with van der Waals surface area (Å²) in [7, 11) is -2.30. The lowest BCUT2D eigenvalue weighted by atomic mass is 10.2. The van der Waals surface area contributed by atoms with E-state index in [1.165, 1.54) is 24.7 Å². The van der Waals surface area contributed by atoms with E-state index in [1.807, 2.05) is 25.1 Å². The van der Waals surface area contributed by atoms with Crippen molar-refractivity contribution in [2.24, 2.45) is 0 Å². The monoisotopic (exact) mass is 431 g/mol. The predicted octanol–water partition coefficient (Wildman–Crippen LogP) is 2.05. The normalized spacial score (nSPS) is 15.4. The molecule has 0 unspecified atom stereocenters. The number of ether oxygens (including phenoxy) is 1. The molecule has 1 heterocycles. The molecule has 3 rings (SSSR count). The van der Waals surface area contributed by atoms with Gasteiger partial charge in [0.2, 0.25) is 15.9 Å². The molecule has 2 aromatic carbocycles. The molecule has 2 aromatic rings. The number of amides is 1. The van der Waals surface area contributed by atoms with Gasteiger partial charge in [-0.1, -0.05) is 30.3 Å². The standard InChI is InChI=1S/C22H29N3O4S/c1-3-29-20-9-11-21(12-10-20)30(27,28)23(2)18-22(26)25-15-13-24(14-16-25)17-19-7-5-4-6-8-19/h4-12H,3,13-18H2,1-2H3. The van der Waals surface area contributed by atoms with Gasteiger partial charge in [0.25, 0.3) is 0 Å². The summed E-state index contributed by atoms with van der Waals surface area (Å²) in [6, 6.07) is 16.5. The summed E-state index contributed by atoms with van der Waals surface area (Å²) in [5, 5.41) is 0. The molecular formula is C22H29N3O4S. The fourth-order valence-electron chi connectivity index (χ4n) is 3.43. The van der Waals surface area contributed by atoms with Crippen LogP contribution in [-0.2, 0) is 21.4 Å². The van der Waals surface area contributed by atoms with Crippen LogP contribution in [-0.4, -0.2) is 74.8 Å². The quantitative estimate of drug-likeness (QED) is 0.640. The van der Waals surface area contributed by atoms with Gasteiger partial charge in [0, 0.05) is 39.8 Å². The third-order valence-electron chi connectivity index (χ3n) is 5.17. The second-order valence-corrected chi connectivity index (χ2v) is 9.35. The molecule has 7 nitrogen and oxygen atoms in total. The van der Waals surface area contributed by atoms with Gasteiger partial charge in [-0.2, -0.15) is 4.31 Å². The van der Waals surface area contributed by atoms with Crippen LogP contribution in [0.2, 0.25) is 0 Å². The number of hydrogen-bond donors (Lipinski definition) is 0. The average Bonchev–Trinajstić information content (AvgIpc) is 2.75. The largest absolute Gasteiger partial charge is 0.494 e. The first-order valence-electron chi connectivity index (χ1n) is 10.1. The van der Waals surface area contributed by atoms with Crippen molar-refractivity contribution in [1.29, 1.82) is 0 Å². The summed E-state index contributed by atoms with van der Waals surface area (Å²) in [4.78, 5) is 16.9. The molecule has 1 aliphatic heterocycles. The van der Waals surface area contributed by atoms with E-state index >= 15 is 0 Å². The molecule has 0 spiro atoms. The third-order valence-corrected chi connectivity index (χ3v) is 6.99. The number of benzene rings is 2. The van der Waals surface area contributed by atoms with Gasteiger partial charge >= 0.3 is 0 Å². The van der Waals surface area contributed by atoms with E-state index < -0.39 is 10.0 Å². The third kappa shape index (κ3) is 5.59. The molecule has 0 N–H and O–H groups in total. The molecule has 1 saturated heterocycles. The van der Waals surface area contributed by atoms with Gasteiger partial charge in [0.05, 0.1) is 18.0 Å². The molecule has 162 valence electrons. The number of sulfonamides is 1. The van der Waals surface area contributed by atoms with Crippen LogP contribution in [0.15, 0.2) is 59.5 Å². The van der Waals surface area contributed by atoms with Crippen molar-refractivity contribution in [2.45, 2.75) is 18.4 Å². The predicted molar refractivity (Wildman–Crippen MR) is 116 cm³/mol. The van der Waals surface area contributed by atoms with Crippen molar-refractivity contribution in [1.82, 2.24) is 14.1 Å². The summed E-state index contributed by atoms with van der Waals surface area (Å²) in [5.41, 5.74) is 1.25. The van der Waals surface area contributed by atoms with Crippen LogP contribution in [0.25, 0.3) is 0 Å². The maximum Gasteiger partial charge on any atom is 0.243 e. The molecule has 0 aromatic heterocycles. The molecule has 0 radical (unpaired) electrons. The van der Waals surface area contributed by atoms with Crippen LogP contribution < -0.4 is 4.74 Å². The van der Waals surface area contributed by atoms with E-state index in [-0.39, 0.29) is 17.3 Å². The van der Waals surface area contributed by atoms with Gasteiger partial charge in [-0.15, -0.1) is 0 Å². The Hall–Kier alpha value is -2.42. The maximum atomic E-state index is 12.8. The van der Waals surface area contributed by atoms with Crippen LogP contribution in [0.5, 0.6) is 5.75 Å². The summed E-state index contributed by atoms with van der Waals surface area (Å²) < 4.78 is 32.0. The second kappa shape index (κ2) is 10.1. The van der Waals surface area contributed by atoms with E-state index in [0.29, 0.717) is 25.4 Å². The molecule has 0 aliphatic carbocycles. The van der Waals surface area contributed by atoms with Crippen LogP contribution in [0.1, 0.15) is 12.5 Å². The number of nitrogens with zero attached hydrogens (tertiary/aromatic N) is 3. The molecule has 30 heavy (non-hydrogen) atoms. The fourth-order valence-corrected chi connectivity index (χ4v) is 4.55. The SMILES string of the molecule is CCOc1ccc(S(=O)(=O)N(C)CC(=O)N2CCN(Cc3ccccc3)CC2)cc1. The van der Waals surface area contributed by atoms with Gasteiger partial charge < -0.3 is 9.64 Å². The Labute approximate surface area is 178 Å². The minimum Gasteiger partial charge on any atom is -0.494 e. The zero-order valence-electron chi connectivity index (χ0n) is 17.5. The fraction of sp³-hybridized carbons (Fsp3) is 0.409. The average molecular weight is 432 g/mol. The first-order valence-corrected chi connectivity index (χ1v) is 11.6. The minimum atomic E-state index is -3.74. The number of likely N-dealkylation sites (N-methyl/N-ethyl adjacent to an activating group) is 1. The van der Waals surface area contributed by atoms with Gasteiger partial charge in [0.1, 0.15) is 5.75 Å². The highest BCUT2D eigenvalue weighted by atomic mass is 32.2. The summed E-state index contributed by atoms with van der Waals surface area (Å²) in [6.45, 7) is 5.81. The highest BCUT2D eigenvalue weighted by molar-refractivity contribution is 7.89. The van der Waals surface area contributed by atoms with E-state index in [1.54, 1.807) is 17.0 Å². The van der Waals surface area contributed by atoms with Crippen molar-refractivity contribution < 1.29 is 17.9 Å². The van der Waals surface area contributed by atoms with E-state index in [0.717, 1.165) is 23.9 Å². The lowest BCUT2D eigenvalue weighted by molar-refractivity contribution is -0.133. The van der Waals surface area contributed by atoms with Gasteiger partial charge in [-0.25, -0.2) is 8.42 Å². The van der Waals surface area contributed by atoms with E-state index in [2.05, 4.69) is 17.0 Å². The highest BCUT2D eigenvalue weighted by Gasteiger charge is 2.27. The molecule has 0 bridgehead atoms. The molecule has 8 heteroatoms. The Balaban J connectivity index is 1.52. The van der Waals surface area contributed by atoms with Crippen molar-refractivity contribution in [3.05, 3.63) is 60.2 Å².